The first-order valence-electron chi connectivity index (χ1n) is 6.63. The Morgan fingerprint density at radius 1 is 1.33 bits per heavy atom. The van der Waals surface area contributed by atoms with Gasteiger partial charge in [-0.1, -0.05) is 32.9 Å². The van der Waals surface area contributed by atoms with Crippen molar-refractivity contribution in [3.8, 4) is 0 Å². The number of benzene rings is 1. The summed E-state index contributed by atoms with van der Waals surface area (Å²) in [6, 6.07) is 4.27. The Labute approximate surface area is 109 Å². The van der Waals surface area contributed by atoms with Crippen molar-refractivity contribution < 1.29 is 4.48 Å². The molecule has 1 aliphatic heterocycles. The molecular formula is C15H23FN2. The van der Waals surface area contributed by atoms with Gasteiger partial charge in [0, 0.05) is 13.1 Å². The lowest BCUT2D eigenvalue weighted by atomic mass is 9.79. The van der Waals surface area contributed by atoms with Crippen molar-refractivity contribution in [2.45, 2.75) is 45.7 Å². The summed E-state index contributed by atoms with van der Waals surface area (Å²) < 4.78 is 13.3. The predicted octanol–water partition coefficient (Wildman–Crippen LogP) is 2.95. The van der Waals surface area contributed by atoms with Gasteiger partial charge in [-0.25, -0.2) is 0 Å². The van der Waals surface area contributed by atoms with Crippen LogP contribution in [0, 0.1) is 0 Å². The Balaban J connectivity index is 2.51. The lowest BCUT2D eigenvalue weighted by Gasteiger charge is -2.30. The van der Waals surface area contributed by atoms with E-state index in [1.165, 1.54) is 16.7 Å². The number of rotatable bonds is 2. The molecule has 2 nitrogen and oxygen atoms in total. The fourth-order valence-corrected chi connectivity index (χ4v) is 2.78. The highest BCUT2D eigenvalue weighted by molar-refractivity contribution is 5.45. The van der Waals surface area contributed by atoms with Gasteiger partial charge in [0.2, 0.25) is 0 Å². The summed E-state index contributed by atoms with van der Waals surface area (Å²) in [4.78, 5) is 0. The fourth-order valence-electron chi connectivity index (χ4n) is 2.78. The van der Waals surface area contributed by atoms with Crippen LogP contribution in [0.15, 0.2) is 12.1 Å². The lowest BCUT2D eigenvalue weighted by molar-refractivity contribution is 0.0102. The van der Waals surface area contributed by atoms with Crippen molar-refractivity contribution in [1.82, 2.24) is 10.4 Å². The SMILES string of the molecule is CNCc1c(C(C)(C)C)ccc2c1CCN(F)C2. The molecule has 1 heterocycles. The Bertz CT molecular complexity index is 435. The zero-order valence-electron chi connectivity index (χ0n) is 11.8. The maximum Gasteiger partial charge on any atom is 0.0543 e. The molecule has 1 aliphatic rings. The van der Waals surface area contributed by atoms with Gasteiger partial charge in [-0.15, -0.1) is 9.60 Å². The van der Waals surface area contributed by atoms with Gasteiger partial charge < -0.3 is 5.32 Å². The Morgan fingerprint density at radius 3 is 2.67 bits per heavy atom. The number of fused-ring (bicyclic) bond motifs is 1. The van der Waals surface area contributed by atoms with E-state index in [9.17, 15) is 4.48 Å². The highest BCUT2D eigenvalue weighted by Crippen LogP contribution is 2.32. The molecule has 0 aromatic heterocycles. The zero-order valence-corrected chi connectivity index (χ0v) is 11.8. The van der Waals surface area contributed by atoms with Crippen LogP contribution in [0.3, 0.4) is 0 Å². The first-order chi connectivity index (χ1) is 8.43. The summed E-state index contributed by atoms with van der Waals surface area (Å²) >= 11 is 0. The maximum absolute atomic E-state index is 13.3. The minimum absolute atomic E-state index is 0.133. The van der Waals surface area contributed by atoms with E-state index >= 15 is 0 Å². The monoisotopic (exact) mass is 250 g/mol. The van der Waals surface area contributed by atoms with Crippen molar-refractivity contribution in [2.24, 2.45) is 0 Å². The molecule has 1 aromatic carbocycles. The van der Waals surface area contributed by atoms with Gasteiger partial charge in [0.1, 0.15) is 0 Å². The third-order valence-electron chi connectivity index (χ3n) is 3.64. The van der Waals surface area contributed by atoms with Gasteiger partial charge >= 0.3 is 0 Å². The molecule has 0 atom stereocenters. The van der Waals surface area contributed by atoms with Crippen LogP contribution in [0.4, 0.5) is 4.48 Å². The van der Waals surface area contributed by atoms with Crippen LogP contribution < -0.4 is 5.32 Å². The van der Waals surface area contributed by atoms with Gasteiger partial charge in [-0.05, 0) is 41.1 Å². The average molecular weight is 250 g/mol. The predicted molar refractivity (Wildman–Crippen MR) is 73.1 cm³/mol. The minimum Gasteiger partial charge on any atom is -0.316 e. The van der Waals surface area contributed by atoms with Gasteiger partial charge in [-0.2, -0.15) is 0 Å². The summed E-state index contributed by atoms with van der Waals surface area (Å²) in [7, 11) is 1.97. The van der Waals surface area contributed by atoms with Crippen LogP contribution in [0.1, 0.15) is 43.0 Å². The summed E-state index contributed by atoms with van der Waals surface area (Å²) in [5.74, 6) is 0. The molecule has 0 fully saturated rings. The maximum atomic E-state index is 13.3. The number of hydrogen-bond donors (Lipinski definition) is 1. The molecule has 3 heteroatoms. The second kappa shape index (κ2) is 4.98. The molecule has 0 radical (unpaired) electrons. The van der Waals surface area contributed by atoms with E-state index in [0.717, 1.165) is 23.7 Å². The highest BCUT2D eigenvalue weighted by Gasteiger charge is 2.24. The fraction of sp³-hybridized carbons (Fsp3) is 0.600. The van der Waals surface area contributed by atoms with Gasteiger partial charge in [0.25, 0.3) is 0 Å². The second-order valence-electron chi connectivity index (χ2n) is 6.10. The van der Waals surface area contributed by atoms with Crippen molar-refractivity contribution in [3.05, 3.63) is 34.4 Å². The number of halogens is 1. The van der Waals surface area contributed by atoms with Gasteiger partial charge in [0.05, 0.1) is 6.54 Å². The summed E-state index contributed by atoms with van der Waals surface area (Å²) in [6.07, 6.45) is 0.812. The van der Waals surface area contributed by atoms with Crippen molar-refractivity contribution in [2.75, 3.05) is 13.6 Å². The first-order valence-corrected chi connectivity index (χ1v) is 6.63. The van der Waals surface area contributed by atoms with E-state index in [-0.39, 0.29) is 5.41 Å². The third-order valence-corrected chi connectivity index (χ3v) is 3.64. The molecule has 0 spiro atoms. The van der Waals surface area contributed by atoms with Crippen LogP contribution in [0.2, 0.25) is 0 Å². The van der Waals surface area contributed by atoms with E-state index in [4.69, 9.17) is 0 Å². The Morgan fingerprint density at radius 2 is 2.06 bits per heavy atom. The van der Waals surface area contributed by atoms with Crippen LogP contribution in [0.5, 0.6) is 0 Å². The number of hydrogen-bond acceptors (Lipinski definition) is 2. The largest absolute Gasteiger partial charge is 0.316 e. The Hall–Kier alpha value is -0.930. The minimum atomic E-state index is 0.133. The molecule has 0 saturated carbocycles. The molecule has 0 saturated heterocycles. The van der Waals surface area contributed by atoms with Gasteiger partial charge in [-0.3, -0.25) is 0 Å². The molecule has 0 amide bonds. The highest BCUT2D eigenvalue weighted by atomic mass is 19.2. The topological polar surface area (TPSA) is 15.3 Å². The summed E-state index contributed by atoms with van der Waals surface area (Å²) in [5.41, 5.74) is 5.37. The molecule has 0 aliphatic carbocycles. The molecule has 1 N–H and O–H groups in total. The summed E-state index contributed by atoms with van der Waals surface area (Å²) in [5, 5.41) is 4.16. The van der Waals surface area contributed by atoms with Crippen LogP contribution in [0.25, 0.3) is 0 Å². The van der Waals surface area contributed by atoms with E-state index in [2.05, 4.69) is 38.2 Å². The smallest absolute Gasteiger partial charge is 0.0543 e. The van der Waals surface area contributed by atoms with E-state index in [1.807, 2.05) is 7.05 Å². The quantitative estimate of drug-likeness (QED) is 0.812. The molecule has 0 unspecified atom stereocenters. The van der Waals surface area contributed by atoms with Crippen molar-refractivity contribution in [3.63, 3.8) is 0 Å². The molecule has 1 aromatic rings. The van der Waals surface area contributed by atoms with Gasteiger partial charge in [0.15, 0.2) is 0 Å². The van der Waals surface area contributed by atoms with Crippen molar-refractivity contribution in [1.29, 1.82) is 0 Å². The first kappa shape index (κ1) is 13.5. The molecule has 2 rings (SSSR count). The molecular weight excluding hydrogens is 227 g/mol. The van der Waals surface area contributed by atoms with Crippen LogP contribution >= 0.6 is 0 Å². The third kappa shape index (κ3) is 2.57. The standard InChI is InChI=1S/C15H23FN2/c1-15(2,3)14-6-5-11-10-18(16)8-7-12(11)13(14)9-17-4/h5-6,17H,7-10H2,1-4H3. The molecule has 18 heavy (non-hydrogen) atoms. The second-order valence-corrected chi connectivity index (χ2v) is 6.10. The van der Waals surface area contributed by atoms with Crippen LogP contribution in [-0.4, -0.2) is 18.7 Å². The average Bonchev–Trinajstić information content (AvgIpc) is 2.27. The zero-order chi connectivity index (χ0) is 13.3. The molecule has 100 valence electrons. The molecule has 0 bridgehead atoms. The summed E-state index contributed by atoms with van der Waals surface area (Å²) in [6.45, 7) is 8.50. The van der Waals surface area contributed by atoms with E-state index < -0.39 is 0 Å². The van der Waals surface area contributed by atoms with Crippen molar-refractivity contribution >= 4 is 0 Å². The lowest BCUT2D eigenvalue weighted by Crippen LogP contribution is -2.27. The Kier molecular flexibility index (Phi) is 3.74. The normalized spacial score (nSPS) is 16.7. The number of nitrogens with one attached hydrogen (secondary N) is 1. The number of nitrogens with zero attached hydrogens (tertiary/aromatic N) is 1. The van der Waals surface area contributed by atoms with E-state index in [0.29, 0.717) is 13.1 Å². The van der Waals surface area contributed by atoms with E-state index in [1.54, 1.807) is 0 Å². The van der Waals surface area contributed by atoms with Crippen LogP contribution in [-0.2, 0) is 24.9 Å².